The Morgan fingerprint density at radius 2 is 2.19 bits per heavy atom. The van der Waals surface area contributed by atoms with Crippen molar-refractivity contribution in [3.8, 4) is 5.69 Å². The maximum Gasteiger partial charge on any atom is 0.248 e. The first-order valence-electron chi connectivity index (χ1n) is 4.48. The fraction of sp³-hybridized carbons (Fsp3) is 0. The van der Waals surface area contributed by atoms with Crippen LogP contribution in [0.4, 0.5) is 5.69 Å². The maximum absolute atomic E-state index is 10.9. The van der Waals surface area contributed by atoms with Crippen LogP contribution in [-0.4, -0.2) is 15.7 Å². The second kappa shape index (κ2) is 3.86. The van der Waals surface area contributed by atoms with E-state index in [1.165, 1.54) is 16.9 Å². The van der Waals surface area contributed by atoms with Crippen molar-refractivity contribution in [2.75, 3.05) is 5.73 Å². The molecule has 0 saturated carbocycles. The van der Waals surface area contributed by atoms with Crippen LogP contribution in [0.15, 0.2) is 30.6 Å². The molecule has 5 nitrogen and oxygen atoms in total. The average Bonchev–Trinajstić information content (AvgIpc) is 2.64. The zero-order valence-corrected chi connectivity index (χ0v) is 8.98. The highest BCUT2D eigenvalue weighted by atomic mass is 35.5. The smallest absolute Gasteiger partial charge is 0.248 e. The number of benzene rings is 1. The number of anilines is 1. The Morgan fingerprint density at radius 1 is 1.44 bits per heavy atom. The molecular weight excluding hydrogens is 228 g/mol. The molecule has 2 rings (SSSR count). The Labute approximate surface area is 96.6 Å². The van der Waals surface area contributed by atoms with E-state index in [-0.39, 0.29) is 0 Å². The van der Waals surface area contributed by atoms with Gasteiger partial charge in [-0.2, -0.15) is 5.10 Å². The van der Waals surface area contributed by atoms with E-state index in [1.807, 2.05) is 0 Å². The van der Waals surface area contributed by atoms with Crippen molar-refractivity contribution in [3.05, 3.63) is 41.2 Å². The summed E-state index contributed by atoms with van der Waals surface area (Å²) in [6.45, 7) is 0. The Hall–Kier alpha value is -2.01. The van der Waals surface area contributed by atoms with Gasteiger partial charge in [-0.15, -0.1) is 0 Å². The van der Waals surface area contributed by atoms with Gasteiger partial charge in [0.25, 0.3) is 0 Å². The molecule has 4 N–H and O–H groups in total. The minimum Gasteiger partial charge on any atom is -0.396 e. The number of amides is 1. The summed E-state index contributed by atoms with van der Waals surface area (Å²) in [5.74, 6) is -0.520. The van der Waals surface area contributed by atoms with Gasteiger partial charge in [-0.3, -0.25) is 4.79 Å². The van der Waals surface area contributed by atoms with Crippen LogP contribution in [0.3, 0.4) is 0 Å². The van der Waals surface area contributed by atoms with Gasteiger partial charge >= 0.3 is 0 Å². The Morgan fingerprint density at radius 3 is 2.69 bits per heavy atom. The molecule has 0 aliphatic heterocycles. The van der Waals surface area contributed by atoms with Gasteiger partial charge in [-0.1, -0.05) is 11.6 Å². The van der Waals surface area contributed by atoms with Gasteiger partial charge in [0.05, 0.1) is 28.8 Å². The number of primary amides is 1. The molecule has 1 amide bonds. The van der Waals surface area contributed by atoms with E-state index in [2.05, 4.69) is 5.10 Å². The third-order valence-corrected chi connectivity index (χ3v) is 2.38. The van der Waals surface area contributed by atoms with Crippen LogP contribution in [0.25, 0.3) is 5.69 Å². The van der Waals surface area contributed by atoms with Crippen molar-refractivity contribution in [2.24, 2.45) is 5.73 Å². The SMILES string of the molecule is NC(=O)c1ccc(-n2cc(N)cn2)c(Cl)c1. The zero-order valence-electron chi connectivity index (χ0n) is 8.22. The normalized spacial score (nSPS) is 10.3. The van der Waals surface area contributed by atoms with E-state index < -0.39 is 5.91 Å². The lowest BCUT2D eigenvalue weighted by Gasteiger charge is -2.05. The monoisotopic (exact) mass is 236 g/mol. The number of nitrogens with zero attached hydrogens (tertiary/aromatic N) is 2. The number of nitrogens with two attached hydrogens (primary N) is 2. The number of halogens is 1. The highest BCUT2D eigenvalue weighted by molar-refractivity contribution is 6.32. The highest BCUT2D eigenvalue weighted by Gasteiger charge is 2.07. The molecule has 2 aromatic rings. The highest BCUT2D eigenvalue weighted by Crippen LogP contribution is 2.21. The summed E-state index contributed by atoms with van der Waals surface area (Å²) < 4.78 is 1.53. The van der Waals surface area contributed by atoms with Gasteiger partial charge in [-0.05, 0) is 18.2 Å². The minimum atomic E-state index is -0.520. The van der Waals surface area contributed by atoms with Crippen molar-refractivity contribution >= 4 is 23.2 Å². The molecule has 0 aliphatic rings. The van der Waals surface area contributed by atoms with E-state index in [0.717, 1.165) is 0 Å². The molecule has 16 heavy (non-hydrogen) atoms. The second-order valence-corrected chi connectivity index (χ2v) is 3.66. The summed E-state index contributed by atoms with van der Waals surface area (Å²) in [6, 6.07) is 4.74. The summed E-state index contributed by atoms with van der Waals surface area (Å²) in [5, 5.41) is 4.40. The predicted molar refractivity (Wildman–Crippen MR) is 61.5 cm³/mol. The van der Waals surface area contributed by atoms with Crippen molar-refractivity contribution in [1.82, 2.24) is 9.78 Å². The fourth-order valence-electron chi connectivity index (χ4n) is 1.31. The molecule has 6 heteroatoms. The quantitative estimate of drug-likeness (QED) is 0.822. The van der Waals surface area contributed by atoms with Crippen LogP contribution in [0.1, 0.15) is 10.4 Å². The first-order chi connectivity index (χ1) is 7.58. The summed E-state index contributed by atoms with van der Waals surface area (Å²) >= 11 is 6.01. The van der Waals surface area contributed by atoms with Crippen LogP contribution < -0.4 is 11.5 Å². The van der Waals surface area contributed by atoms with Crippen LogP contribution in [0.5, 0.6) is 0 Å². The van der Waals surface area contributed by atoms with Crippen molar-refractivity contribution in [2.45, 2.75) is 0 Å². The molecule has 0 aliphatic carbocycles. The van der Waals surface area contributed by atoms with Gasteiger partial charge in [0.2, 0.25) is 5.91 Å². The standard InChI is InChI=1S/C10H9ClN4O/c11-8-3-6(10(13)16)1-2-9(8)15-5-7(12)4-14-15/h1-5H,12H2,(H2,13,16). The molecule has 0 unspecified atom stereocenters. The first kappa shape index (κ1) is 10.5. The summed E-state index contributed by atoms with van der Waals surface area (Å²) in [5.41, 5.74) is 12.2. The van der Waals surface area contributed by atoms with E-state index >= 15 is 0 Å². The van der Waals surface area contributed by atoms with Gasteiger partial charge in [0, 0.05) is 5.56 Å². The van der Waals surface area contributed by atoms with Crippen LogP contribution in [0.2, 0.25) is 5.02 Å². The Balaban J connectivity index is 2.47. The summed E-state index contributed by atoms with van der Waals surface area (Å²) in [6.07, 6.45) is 3.14. The van der Waals surface area contributed by atoms with Crippen molar-refractivity contribution in [3.63, 3.8) is 0 Å². The van der Waals surface area contributed by atoms with E-state index in [1.54, 1.807) is 18.3 Å². The Kier molecular flexibility index (Phi) is 2.54. The van der Waals surface area contributed by atoms with Crippen LogP contribution in [-0.2, 0) is 0 Å². The third-order valence-electron chi connectivity index (χ3n) is 2.08. The molecule has 0 radical (unpaired) electrons. The predicted octanol–water partition coefficient (Wildman–Crippen LogP) is 1.21. The number of hydrogen-bond donors (Lipinski definition) is 2. The zero-order chi connectivity index (χ0) is 11.7. The number of nitrogen functional groups attached to an aromatic ring is 1. The number of hydrogen-bond acceptors (Lipinski definition) is 3. The van der Waals surface area contributed by atoms with E-state index in [0.29, 0.717) is 22.0 Å². The molecule has 1 aromatic carbocycles. The molecule has 0 spiro atoms. The molecular formula is C10H9ClN4O. The second-order valence-electron chi connectivity index (χ2n) is 3.25. The van der Waals surface area contributed by atoms with Gasteiger partial charge < -0.3 is 11.5 Å². The molecule has 0 fully saturated rings. The van der Waals surface area contributed by atoms with E-state index in [9.17, 15) is 4.79 Å². The lowest BCUT2D eigenvalue weighted by Crippen LogP contribution is -2.11. The number of carbonyl (C=O) groups excluding carboxylic acids is 1. The van der Waals surface area contributed by atoms with Gasteiger partial charge in [0.1, 0.15) is 0 Å². The number of rotatable bonds is 2. The summed E-state index contributed by atoms with van der Waals surface area (Å²) in [4.78, 5) is 10.9. The third kappa shape index (κ3) is 1.85. The molecule has 82 valence electrons. The molecule has 0 saturated heterocycles. The lowest BCUT2D eigenvalue weighted by atomic mass is 10.2. The lowest BCUT2D eigenvalue weighted by molar-refractivity contribution is 0.100. The fourth-order valence-corrected chi connectivity index (χ4v) is 1.58. The number of carbonyl (C=O) groups is 1. The van der Waals surface area contributed by atoms with Crippen molar-refractivity contribution in [1.29, 1.82) is 0 Å². The Bertz CT molecular complexity index is 550. The largest absolute Gasteiger partial charge is 0.396 e. The maximum atomic E-state index is 10.9. The molecule has 0 bridgehead atoms. The van der Waals surface area contributed by atoms with Crippen LogP contribution >= 0.6 is 11.6 Å². The number of aromatic nitrogens is 2. The van der Waals surface area contributed by atoms with Crippen LogP contribution in [0, 0.1) is 0 Å². The average molecular weight is 237 g/mol. The first-order valence-corrected chi connectivity index (χ1v) is 4.85. The van der Waals surface area contributed by atoms with Crippen molar-refractivity contribution < 1.29 is 4.79 Å². The summed E-state index contributed by atoms with van der Waals surface area (Å²) in [7, 11) is 0. The van der Waals surface area contributed by atoms with Gasteiger partial charge in [-0.25, -0.2) is 4.68 Å². The molecule has 1 heterocycles. The molecule has 0 atom stereocenters. The minimum absolute atomic E-state index is 0.355. The van der Waals surface area contributed by atoms with E-state index in [4.69, 9.17) is 23.1 Å². The topological polar surface area (TPSA) is 86.9 Å². The van der Waals surface area contributed by atoms with Gasteiger partial charge in [0.15, 0.2) is 0 Å². The molecule has 1 aromatic heterocycles.